The molecular weight excluding hydrogens is 364 g/mol. The first-order valence-electron chi connectivity index (χ1n) is 8.63. The third kappa shape index (κ3) is 3.89. The minimum absolute atomic E-state index is 0.0147. The number of aliphatic hydroxyl groups excluding tert-OH is 1. The van der Waals surface area contributed by atoms with Gasteiger partial charge in [0.15, 0.2) is 11.5 Å². The fourth-order valence-electron chi connectivity index (χ4n) is 2.71. The zero-order valence-corrected chi connectivity index (χ0v) is 14.8. The summed E-state index contributed by atoms with van der Waals surface area (Å²) in [6, 6.07) is 8.76. The number of carbonyl (C=O) groups excluding carboxylic acids is 1. The Labute approximate surface area is 160 Å². The lowest BCUT2D eigenvalue weighted by Crippen LogP contribution is -2.35. The van der Waals surface area contributed by atoms with E-state index in [2.05, 4.69) is 20.5 Å². The van der Waals surface area contributed by atoms with Gasteiger partial charge in [-0.05, 0) is 24.3 Å². The number of benzene rings is 1. The number of nitrogens with one attached hydrogen (secondary N) is 2. The second kappa shape index (κ2) is 7.97. The minimum Gasteiger partial charge on any atom is -0.491 e. The zero-order chi connectivity index (χ0) is 19.3. The summed E-state index contributed by atoms with van der Waals surface area (Å²) in [4.78, 5) is 16.5. The first-order valence-corrected chi connectivity index (χ1v) is 8.63. The molecule has 0 saturated heterocycles. The molecule has 3 aromatic rings. The number of aromatic nitrogens is 3. The van der Waals surface area contributed by atoms with Crippen molar-refractivity contribution in [2.24, 2.45) is 0 Å². The molecule has 144 valence electrons. The van der Waals surface area contributed by atoms with Crippen LogP contribution in [0.15, 0.2) is 48.9 Å². The van der Waals surface area contributed by atoms with E-state index in [0.29, 0.717) is 28.5 Å². The number of amides is 1. The highest BCUT2D eigenvalue weighted by atomic mass is 16.7. The molecule has 0 saturated carbocycles. The predicted molar refractivity (Wildman–Crippen MR) is 98.2 cm³/mol. The summed E-state index contributed by atoms with van der Waals surface area (Å²) in [5, 5.41) is 19.5. The number of rotatable bonds is 7. The maximum Gasteiger partial charge on any atom is 0.255 e. The first-order chi connectivity index (χ1) is 13.7. The summed E-state index contributed by atoms with van der Waals surface area (Å²) >= 11 is 0. The van der Waals surface area contributed by atoms with Crippen molar-refractivity contribution in [1.29, 1.82) is 0 Å². The Morgan fingerprint density at radius 3 is 3.04 bits per heavy atom. The molecule has 3 heterocycles. The van der Waals surface area contributed by atoms with Crippen LogP contribution in [0.5, 0.6) is 17.2 Å². The van der Waals surface area contributed by atoms with Crippen LogP contribution in [-0.2, 0) is 0 Å². The molecule has 1 aliphatic rings. The molecule has 1 atom stereocenters. The molecule has 3 N–H and O–H groups in total. The van der Waals surface area contributed by atoms with Crippen molar-refractivity contribution in [2.45, 2.75) is 6.10 Å². The van der Waals surface area contributed by atoms with E-state index in [4.69, 9.17) is 14.2 Å². The van der Waals surface area contributed by atoms with Crippen LogP contribution in [0.4, 0.5) is 0 Å². The van der Waals surface area contributed by atoms with Crippen LogP contribution in [0.25, 0.3) is 11.3 Å². The van der Waals surface area contributed by atoms with Crippen LogP contribution in [0, 0.1) is 0 Å². The Morgan fingerprint density at radius 2 is 2.18 bits per heavy atom. The van der Waals surface area contributed by atoms with E-state index >= 15 is 0 Å². The molecule has 0 bridgehead atoms. The van der Waals surface area contributed by atoms with Crippen LogP contribution < -0.4 is 19.5 Å². The van der Waals surface area contributed by atoms with Gasteiger partial charge in [-0.1, -0.05) is 0 Å². The Kier molecular flexibility index (Phi) is 5.07. The van der Waals surface area contributed by atoms with E-state index in [9.17, 15) is 9.90 Å². The summed E-state index contributed by atoms with van der Waals surface area (Å²) in [5.41, 5.74) is 1.69. The summed E-state index contributed by atoms with van der Waals surface area (Å²) < 4.78 is 16.1. The maximum absolute atomic E-state index is 12.4. The van der Waals surface area contributed by atoms with E-state index in [1.165, 1.54) is 6.20 Å². The van der Waals surface area contributed by atoms with Gasteiger partial charge in [0.05, 0.1) is 17.5 Å². The summed E-state index contributed by atoms with van der Waals surface area (Å²) in [6.07, 6.45) is 3.84. The number of fused-ring (bicyclic) bond motifs is 1. The normalized spacial score (nSPS) is 13.2. The molecule has 0 radical (unpaired) electrons. The van der Waals surface area contributed by atoms with E-state index in [-0.39, 0.29) is 25.9 Å². The van der Waals surface area contributed by atoms with Crippen LogP contribution in [0.3, 0.4) is 0 Å². The lowest BCUT2D eigenvalue weighted by atomic mass is 10.1. The lowest BCUT2D eigenvalue weighted by Gasteiger charge is -2.13. The highest BCUT2D eigenvalue weighted by Gasteiger charge is 2.17. The van der Waals surface area contributed by atoms with Crippen molar-refractivity contribution in [3.05, 3.63) is 54.5 Å². The number of nitrogens with zero attached hydrogens (tertiary/aromatic N) is 2. The monoisotopic (exact) mass is 382 g/mol. The van der Waals surface area contributed by atoms with Crippen molar-refractivity contribution in [2.75, 3.05) is 19.9 Å². The van der Waals surface area contributed by atoms with E-state index in [1.807, 2.05) is 6.07 Å². The number of H-pyrrole nitrogens is 1. The van der Waals surface area contributed by atoms with Crippen LogP contribution in [-0.4, -0.2) is 52.2 Å². The third-order valence-electron chi connectivity index (χ3n) is 4.12. The van der Waals surface area contributed by atoms with Crippen molar-refractivity contribution < 1.29 is 24.1 Å². The molecule has 2 aromatic heterocycles. The number of hydrogen-bond donors (Lipinski definition) is 3. The Hall–Kier alpha value is -3.59. The highest BCUT2D eigenvalue weighted by molar-refractivity contribution is 5.99. The van der Waals surface area contributed by atoms with Crippen molar-refractivity contribution in [1.82, 2.24) is 20.5 Å². The van der Waals surface area contributed by atoms with Crippen LogP contribution in [0.2, 0.25) is 0 Å². The van der Waals surface area contributed by atoms with E-state index in [0.717, 1.165) is 5.56 Å². The van der Waals surface area contributed by atoms with Gasteiger partial charge in [0.2, 0.25) is 6.79 Å². The Balaban J connectivity index is 1.30. The van der Waals surface area contributed by atoms with Gasteiger partial charge in [-0.25, -0.2) is 0 Å². The average Bonchev–Trinajstić information content (AvgIpc) is 3.40. The number of pyridine rings is 1. The predicted octanol–water partition coefficient (Wildman–Crippen LogP) is 1.37. The Bertz CT molecular complexity index is 960. The quantitative estimate of drug-likeness (QED) is 0.565. The molecule has 1 amide bonds. The number of carbonyl (C=O) groups is 1. The number of hydrogen-bond acceptors (Lipinski definition) is 7. The Morgan fingerprint density at radius 1 is 1.29 bits per heavy atom. The van der Waals surface area contributed by atoms with Gasteiger partial charge in [0.25, 0.3) is 5.91 Å². The number of ether oxygens (including phenoxy) is 3. The topological polar surface area (TPSA) is 119 Å². The average molecular weight is 382 g/mol. The smallest absolute Gasteiger partial charge is 0.255 e. The molecule has 0 spiro atoms. The zero-order valence-electron chi connectivity index (χ0n) is 14.8. The highest BCUT2D eigenvalue weighted by Crippen LogP contribution is 2.35. The van der Waals surface area contributed by atoms with Crippen LogP contribution >= 0.6 is 0 Å². The standard InChI is InChI=1S/C19H18N4O5/c24-13(10-26-14-3-4-16-17(6-14)28-11-27-16)8-21-19(25)15-9-22-23-18(15)12-2-1-5-20-7-12/h1-7,9,13,24H,8,10-11H2,(H,21,25)(H,22,23). The van der Waals surface area contributed by atoms with Crippen molar-refractivity contribution in [3.8, 4) is 28.5 Å². The van der Waals surface area contributed by atoms with Gasteiger partial charge in [-0.3, -0.25) is 14.9 Å². The molecule has 0 fully saturated rings. The van der Waals surface area contributed by atoms with Gasteiger partial charge in [0.1, 0.15) is 18.5 Å². The largest absolute Gasteiger partial charge is 0.491 e. The lowest BCUT2D eigenvalue weighted by molar-refractivity contribution is 0.0844. The van der Waals surface area contributed by atoms with E-state index in [1.54, 1.807) is 36.7 Å². The molecule has 9 heteroatoms. The summed E-state index contributed by atoms with van der Waals surface area (Å²) in [6.45, 7) is 0.226. The third-order valence-corrected chi connectivity index (χ3v) is 4.12. The first kappa shape index (κ1) is 17.8. The van der Waals surface area contributed by atoms with E-state index < -0.39 is 6.10 Å². The van der Waals surface area contributed by atoms with Gasteiger partial charge in [0, 0.05) is 30.6 Å². The molecular formula is C19H18N4O5. The molecule has 1 aromatic carbocycles. The van der Waals surface area contributed by atoms with Gasteiger partial charge < -0.3 is 24.6 Å². The van der Waals surface area contributed by atoms with Crippen molar-refractivity contribution >= 4 is 5.91 Å². The SMILES string of the molecule is O=C(NCC(O)COc1ccc2c(c1)OCO2)c1cn[nH]c1-c1cccnc1. The van der Waals surface area contributed by atoms with Crippen LogP contribution in [0.1, 0.15) is 10.4 Å². The molecule has 28 heavy (non-hydrogen) atoms. The molecule has 1 aliphatic heterocycles. The van der Waals surface area contributed by atoms with Crippen molar-refractivity contribution in [3.63, 3.8) is 0 Å². The van der Waals surface area contributed by atoms with Gasteiger partial charge in [-0.15, -0.1) is 0 Å². The minimum atomic E-state index is -0.886. The fourth-order valence-corrected chi connectivity index (χ4v) is 2.71. The molecule has 9 nitrogen and oxygen atoms in total. The number of aliphatic hydroxyl groups is 1. The molecule has 0 aliphatic carbocycles. The maximum atomic E-state index is 12.4. The second-order valence-corrected chi connectivity index (χ2v) is 6.09. The van der Waals surface area contributed by atoms with Gasteiger partial charge >= 0.3 is 0 Å². The summed E-state index contributed by atoms with van der Waals surface area (Å²) in [5.74, 6) is 1.45. The second-order valence-electron chi connectivity index (χ2n) is 6.09. The molecule has 1 unspecified atom stereocenters. The summed E-state index contributed by atoms with van der Waals surface area (Å²) in [7, 11) is 0. The molecule has 4 rings (SSSR count). The number of aromatic amines is 1. The van der Waals surface area contributed by atoms with Gasteiger partial charge in [-0.2, -0.15) is 5.10 Å². The fraction of sp³-hybridized carbons (Fsp3) is 0.211.